The molecule has 0 aliphatic rings. The van der Waals surface area contributed by atoms with Crippen LogP contribution in [0.4, 0.5) is 0 Å². The van der Waals surface area contributed by atoms with Gasteiger partial charge in [0.25, 0.3) is 0 Å². The number of hydrogen-bond donors (Lipinski definition) is 0. The van der Waals surface area contributed by atoms with Crippen molar-refractivity contribution < 1.29 is 0 Å². The number of alkyl halides is 2. The molecule has 0 aliphatic heterocycles. The molecule has 0 amide bonds. The van der Waals surface area contributed by atoms with Crippen LogP contribution in [0.1, 0.15) is 0 Å². The van der Waals surface area contributed by atoms with Crippen LogP contribution in [-0.2, 0) is 0 Å². The van der Waals surface area contributed by atoms with Crippen LogP contribution in [0.15, 0.2) is 41.4 Å². The number of aromatic nitrogens is 1. The van der Waals surface area contributed by atoms with E-state index in [4.69, 9.17) is 0 Å². The average molecular weight is 568 g/mol. The van der Waals surface area contributed by atoms with Crippen molar-refractivity contribution in [1.29, 1.82) is 0 Å². The van der Waals surface area contributed by atoms with Crippen molar-refractivity contribution >= 4 is 91.8 Å². The van der Waals surface area contributed by atoms with Gasteiger partial charge in [0.2, 0.25) is 0 Å². The van der Waals surface area contributed by atoms with E-state index in [9.17, 15) is 0 Å². The van der Waals surface area contributed by atoms with Crippen LogP contribution in [-0.4, -0.2) is 12.7 Å². The Bertz CT molecular complexity index is 458. The fourth-order valence-electron chi connectivity index (χ4n) is 1.34. The van der Waals surface area contributed by atoms with Gasteiger partial charge in [0.05, 0.1) is 8.77 Å². The molecule has 0 N–H and O–H groups in total. The Balaban J connectivity index is 0.00000128. The molecule has 1 heterocycles. The number of pyridine rings is 1. The van der Waals surface area contributed by atoms with Gasteiger partial charge in [-0.2, -0.15) is 0 Å². The van der Waals surface area contributed by atoms with E-state index >= 15 is 0 Å². The first-order chi connectivity index (χ1) is 7.31. The summed E-state index contributed by atoms with van der Waals surface area (Å²) in [5, 5.41) is 1.22. The fourth-order valence-corrected chi connectivity index (χ4v) is 3.48. The third kappa shape index (κ3) is 3.84. The van der Waals surface area contributed by atoms with Gasteiger partial charge in [-0.05, 0) is 12.1 Å². The lowest BCUT2D eigenvalue weighted by molar-refractivity contribution is 1.35. The number of rotatable bonds is 3. The van der Waals surface area contributed by atoms with Crippen molar-refractivity contribution in [3.63, 3.8) is 0 Å². The number of fused-ring (bicyclic) bond motifs is 1. The van der Waals surface area contributed by atoms with Crippen molar-refractivity contribution in [1.82, 2.24) is 4.98 Å². The molecule has 0 aliphatic carbocycles. The van der Waals surface area contributed by atoms with Crippen molar-refractivity contribution in [2.24, 2.45) is 0 Å². The van der Waals surface area contributed by atoms with E-state index in [1.165, 1.54) is 10.3 Å². The highest BCUT2D eigenvalue weighted by molar-refractivity contribution is 14.1. The van der Waals surface area contributed by atoms with E-state index in [0.29, 0.717) is 3.26 Å². The number of thioether (sulfide) groups is 1. The molecule has 1 nitrogen and oxygen atoms in total. The van der Waals surface area contributed by atoms with Crippen molar-refractivity contribution in [2.75, 3.05) is 4.43 Å². The van der Waals surface area contributed by atoms with Crippen LogP contribution < -0.4 is 0 Å². The first-order valence-electron chi connectivity index (χ1n) is 4.51. The molecule has 2 aromatic rings. The Morgan fingerprint density at radius 1 is 1.25 bits per heavy atom. The Kier molecular flexibility index (Phi) is 7.21. The van der Waals surface area contributed by atoms with Gasteiger partial charge in [0.15, 0.2) is 0 Å². The standard InChI is InChI=1S/C11H9I2NS.I/c12-7-10(13)15-9-5-1-3-8-4-2-6-14-11(8)9;/h1-6,10H,7H2;. The van der Waals surface area contributed by atoms with Crippen LogP contribution in [0.3, 0.4) is 0 Å². The van der Waals surface area contributed by atoms with Crippen molar-refractivity contribution in [3.8, 4) is 0 Å². The monoisotopic (exact) mass is 568 g/mol. The Morgan fingerprint density at radius 3 is 2.75 bits per heavy atom. The molecule has 1 aromatic heterocycles. The molecule has 0 fully saturated rings. The van der Waals surface area contributed by atoms with E-state index < -0.39 is 0 Å². The molecule has 0 saturated carbocycles. The van der Waals surface area contributed by atoms with Crippen LogP contribution in [0.25, 0.3) is 10.9 Å². The second-order valence-corrected chi connectivity index (χ2v) is 7.49. The van der Waals surface area contributed by atoms with Gasteiger partial charge in [0, 0.05) is 44.9 Å². The zero-order chi connectivity index (χ0) is 10.7. The summed E-state index contributed by atoms with van der Waals surface area (Å²) >= 11 is 6.77. The van der Waals surface area contributed by atoms with Gasteiger partial charge in [0.1, 0.15) is 0 Å². The van der Waals surface area contributed by atoms with E-state index in [2.05, 4.69) is 74.4 Å². The molecule has 1 aromatic carbocycles. The van der Waals surface area contributed by atoms with Gasteiger partial charge in [-0.25, -0.2) is 0 Å². The second-order valence-electron chi connectivity index (χ2n) is 3.01. The predicted molar refractivity (Wildman–Crippen MR) is 98.3 cm³/mol. The molecule has 0 bridgehead atoms. The normalized spacial score (nSPS) is 12.1. The lowest BCUT2D eigenvalue weighted by Gasteiger charge is -2.07. The van der Waals surface area contributed by atoms with Gasteiger partial charge in [-0.15, -0.1) is 11.8 Å². The smallest absolute Gasteiger partial charge is 0.0838 e. The lowest BCUT2D eigenvalue weighted by atomic mass is 10.2. The minimum atomic E-state index is 0. The predicted octanol–water partition coefficient (Wildman–Crippen LogP) is 5.41. The maximum atomic E-state index is 4.44. The zero-order valence-electron chi connectivity index (χ0n) is 8.24. The minimum Gasteiger partial charge on any atom is -0.255 e. The third-order valence-electron chi connectivity index (χ3n) is 1.97. The summed E-state index contributed by atoms with van der Waals surface area (Å²) in [7, 11) is 0. The summed E-state index contributed by atoms with van der Waals surface area (Å²) in [6, 6.07) is 10.5. The summed E-state index contributed by atoms with van der Waals surface area (Å²) in [5.74, 6) is 0. The number of nitrogens with zero attached hydrogens (tertiary/aromatic N) is 1. The maximum absolute atomic E-state index is 4.44. The molecule has 0 saturated heterocycles. The minimum absolute atomic E-state index is 0. The van der Waals surface area contributed by atoms with Crippen molar-refractivity contribution in [2.45, 2.75) is 8.15 Å². The van der Waals surface area contributed by atoms with E-state index in [1.807, 2.05) is 24.0 Å². The molecular formula is C11H9I3NS. The molecular weight excluding hydrogens is 559 g/mol. The zero-order valence-corrected chi connectivity index (χ0v) is 15.5. The summed E-state index contributed by atoms with van der Waals surface area (Å²) in [6.07, 6.45) is 1.86. The second kappa shape index (κ2) is 7.57. The lowest BCUT2D eigenvalue weighted by Crippen LogP contribution is -1.92. The summed E-state index contributed by atoms with van der Waals surface area (Å²) in [6.45, 7) is 0. The number of para-hydroxylation sites is 1. The van der Waals surface area contributed by atoms with E-state index in [1.54, 1.807) is 0 Å². The van der Waals surface area contributed by atoms with E-state index in [-0.39, 0.29) is 24.0 Å². The molecule has 16 heavy (non-hydrogen) atoms. The summed E-state index contributed by atoms with van der Waals surface area (Å²) < 4.78 is 1.75. The van der Waals surface area contributed by atoms with Crippen LogP contribution in [0.5, 0.6) is 0 Å². The average Bonchev–Trinajstić information content (AvgIpc) is 2.29. The molecule has 0 spiro atoms. The molecule has 1 unspecified atom stereocenters. The largest absolute Gasteiger partial charge is 0.255 e. The highest BCUT2D eigenvalue weighted by Crippen LogP contribution is 2.33. The van der Waals surface area contributed by atoms with Gasteiger partial charge in [-0.3, -0.25) is 4.98 Å². The molecule has 85 valence electrons. The van der Waals surface area contributed by atoms with Crippen molar-refractivity contribution in [3.05, 3.63) is 36.5 Å². The number of benzene rings is 1. The molecule has 5 heteroatoms. The van der Waals surface area contributed by atoms with Crippen LogP contribution >= 0.6 is 80.9 Å². The maximum Gasteiger partial charge on any atom is 0.0838 e. The van der Waals surface area contributed by atoms with Gasteiger partial charge < -0.3 is 0 Å². The Morgan fingerprint density at radius 2 is 2.00 bits per heavy atom. The Hall–Kier alpha value is 1.17. The van der Waals surface area contributed by atoms with E-state index in [0.717, 1.165) is 9.94 Å². The van der Waals surface area contributed by atoms with Gasteiger partial charge in [-0.1, -0.05) is 63.4 Å². The first-order valence-corrected chi connectivity index (χ1v) is 8.17. The highest BCUT2D eigenvalue weighted by atomic mass is 127. The fraction of sp³-hybridized carbons (Fsp3) is 0.182. The van der Waals surface area contributed by atoms with Crippen LogP contribution in [0, 0.1) is 0 Å². The summed E-state index contributed by atoms with van der Waals surface area (Å²) in [5.41, 5.74) is 1.12. The topological polar surface area (TPSA) is 12.9 Å². The number of hydrogen-bond acceptors (Lipinski definition) is 2. The quantitative estimate of drug-likeness (QED) is 0.280. The van der Waals surface area contributed by atoms with Crippen LogP contribution in [0.2, 0.25) is 0 Å². The van der Waals surface area contributed by atoms with Gasteiger partial charge >= 0.3 is 0 Å². The Labute approximate surface area is 144 Å². The number of halogens is 3. The molecule has 1 radical (unpaired) electrons. The third-order valence-corrected chi connectivity index (χ3v) is 7.34. The summed E-state index contributed by atoms with van der Waals surface area (Å²) in [4.78, 5) is 5.72. The molecule has 2 rings (SSSR count). The first kappa shape index (κ1) is 15.2. The molecule has 1 atom stereocenters. The highest BCUT2D eigenvalue weighted by Gasteiger charge is 2.07. The SMILES string of the molecule is ICC(I)Sc1cccc2cccnc12.[I].